The summed E-state index contributed by atoms with van der Waals surface area (Å²) in [6, 6.07) is 3.18. The summed E-state index contributed by atoms with van der Waals surface area (Å²) in [6.07, 6.45) is 1.13. The zero-order chi connectivity index (χ0) is 7.84. The van der Waals surface area contributed by atoms with Crippen LogP contribution in [0, 0.1) is 0 Å². The molecule has 1 aromatic rings. The molecule has 1 aliphatic carbocycles. The predicted octanol–water partition coefficient (Wildman–Crippen LogP) is 0.976. The van der Waals surface area contributed by atoms with Crippen LogP contribution >= 0.6 is 0 Å². The number of aromatic nitrogens is 1. The monoisotopic (exact) mass is 152 g/mol. The minimum atomic E-state index is -0.945. The van der Waals surface area contributed by atoms with Crippen LogP contribution in [0.2, 0.25) is 0 Å². The van der Waals surface area contributed by atoms with Crippen molar-refractivity contribution < 1.29 is 4.39 Å². The maximum absolute atomic E-state index is 12.9. The lowest BCUT2D eigenvalue weighted by molar-refractivity contribution is 0.301. The Hall–Kier alpha value is -0.960. The highest BCUT2D eigenvalue weighted by molar-refractivity contribution is 5.29. The molecule has 2 nitrogen and oxygen atoms in total. The van der Waals surface area contributed by atoms with Crippen LogP contribution in [0.4, 0.5) is 4.39 Å². The average Bonchev–Trinajstić information content (AvgIpc) is 2.30. The predicted molar refractivity (Wildman–Crippen MR) is 39.8 cm³/mol. The maximum Gasteiger partial charge on any atom is 0.125 e. The maximum atomic E-state index is 12.9. The first-order valence-corrected chi connectivity index (χ1v) is 3.62. The number of nitrogens with two attached hydrogens (primary N) is 1. The summed E-state index contributed by atoms with van der Waals surface area (Å²) in [4.78, 5) is 4.03. The van der Waals surface area contributed by atoms with E-state index in [2.05, 4.69) is 4.98 Å². The first kappa shape index (κ1) is 6.73. The molecule has 0 aromatic carbocycles. The fraction of sp³-hybridized carbons (Fsp3) is 0.375. The third-order valence-electron chi connectivity index (χ3n) is 2.05. The fourth-order valence-corrected chi connectivity index (χ4v) is 1.43. The van der Waals surface area contributed by atoms with Crippen LogP contribution in [0.3, 0.4) is 0 Å². The van der Waals surface area contributed by atoms with Gasteiger partial charge >= 0.3 is 0 Å². The summed E-state index contributed by atoms with van der Waals surface area (Å²) in [7, 11) is 0. The summed E-state index contributed by atoms with van der Waals surface area (Å²) in [5.41, 5.74) is 7.23. The molecule has 3 heteroatoms. The second-order valence-corrected chi connectivity index (χ2v) is 2.79. The van der Waals surface area contributed by atoms with Gasteiger partial charge < -0.3 is 5.73 Å². The van der Waals surface area contributed by atoms with E-state index in [1.54, 1.807) is 6.20 Å². The Balaban J connectivity index is 2.47. The Morgan fingerprint density at radius 3 is 3.18 bits per heavy atom. The zero-order valence-corrected chi connectivity index (χ0v) is 6.00. The van der Waals surface area contributed by atoms with Gasteiger partial charge in [0.1, 0.15) is 6.17 Å². The van der Waals surface area contributed by atoms with Crippen LogP contribution in [-0.4, -0.2) is 11.2 Å². The van der Waals surface area contributed by atoms with E-state index in [0.717, 1.165) is 11.3 Å². The Morgan fingerprint density at radius 1 is 1.64 bits per heavy atom. The molecule has 0 saturated carbocycles. The van der Waals surface area contributed by atoms with Gasteiger partial charge in [-0.05, 0) is 11.6 Å². The zero-order valence-electron chi connectivity index (χ0n) is 6.00. The third-order valence-corrected chi connectivity index (χ3v) is 2.05. The van der Waals surface area contributed by atoms with E-state index in [-0.39, 0.29) is 0 Å². The topological polar surface area (TPSA) is 38.9 Å². The van der Waals surface area contributed by atoms with Gasteiger partial charge in [-0.15, -0.1) is 0 Å². The summed E-state index contributed by atoms with van der Waals surface area (Å²) in [5.74, 6) is 0. The first-order valence-electron chi connectivity index (χ1n) is 3.62. The molecule has 58 valence electrons. The van der Waals surface area contributed by atoms with Crippen molar-refractivity contribution >= 4 is 0 Å². The Kier molecular flexibility index (Phi) is 1.39. The van der Waals surface area contributed by atoms with E-state index in [1.165, 1.54) is 0 Å². The molecule has 11 heavy (non-hydrogen) atoms. The molecule has 0 unspecified atom stereocenters. The van der Waals surface area contributed by atoms with Gasteiger partial charge in [-0.25, -0.2) is 4.39 Å². The molecule has 0 saturated heterocycles. The molecular formula is C8H9FN2. The van der Waals surface area contributed by atoms with Crippen molar-refractivity contribution in [3.63, 3.8) is 0 Å². The molecule has 2 rings (SSSR count). The lowest BCUT2D eigenvalue weighted by atomic mass is 10.2. The van der Waals surface area contributed by atoms with Gasteiger partial charge in [-0.2, -0.15) is 0 Å². The molecule has 0 spiro atoms. The molecule has 0 radical (unpaired) electrons. The Labute approximate surface area is 64.2 Å². The number of fused-ring (bicyclic) bond motifs is 1. The minimum absolute atomic E-state index is 0.421. The lowest BCUT2D eigenvalue weighted by Crippen LogP contribution is -2.18. The van der Waals surface area contributed by atoms with Gasteiger partial charge in [-0.1, -0.05) is 6.07 Å². The van der Waals surface area contributed by atoms with E-state index in [9.17, 15) is 4.39 Å². The van der Waals surface area contributed by atoms with Crippen LogP contribution in [0.15, 0.2) is 18.3 Å². The van der Waals surface area contributed by atoms with Crippen LogP contribution in [-0.2, 0) is 6.42 Å². The highest BCUT2D eigenvalue weighted by Gasteiger charge is 2.30. The Morgan fingerprint density at radius 2 is 2.45 bits per heavy atom. The highest BCUT2D eigenvalue weighted by Crippen LogP contribution is 2.29. The highest BCUT2D eigenvalue weighted by atomic mass is 19.1. The fourth-order valence-electron chi connectivity index (χ4n) is 1.43. The summed E-state index contributed by atoms with van der Waals surface area (Å²) < 4.78 is 12.9. The molecule has 1 heterocycles. The molecule has 2 atom stereocenters. The van der Waals surface area contributed by atoms with Crippen molar-refractivity contribution in [1.82, 2.24) is 4.98 Å². The smallest absolute Gasteiger partial charge is 0.125 e. The molecular weight excluding hydrogens is 143 g/mol. The molecule has 2 N–H and O–H groups in total. The molecule has 0 bridgehead atoms. The van der Waals surface area contributed by atoms with Crippen LogP contribution in [0.5, 0.6) is 0 Å². The van der Waals surface area contributed by atoms with Crippen molar-refractivity contribution in [3.8, 4) is 0 Å². The van der Waals surface area contributed by atoms with Gasteiger partial charge in [0.25, 0.3) is 0 Å². The third kappa shape index (κ3) is 0.922. The van der Waals surface area contributed by atoms with Gasteiger partial charge in [0, 0.05) is 12.6 Å². The molecule has 0 fully saturated rings. The summed E-state index contributed by atoms with van der Waals surface area (Å²) >= 11 is 0. The van der Waals surface area contributed by atoms with Gasteiger partial charge in [0.05, 0.1) is 11.7 Å². The minimum Gasteiger partial charge on any atom is -0.320 e. The number of alkyl halides is 1. The number of hydrogen-bond acceptors (Lipinski definition) is 2. The average molecular weight is 152 g/mol. The number of rotatable bonds is 0. The van der Waals surface area contributed by atoms with Crippen molar-refractivity contribution in [2.75, 3.05) is 0 Å². The Bertz CT molecular complexity index is 275. The van der Waals surface area contributed by atoms with Gasteiger partial charge in [0.2, 0.25) is 0 Å². The van der Waals surface area contributed by atoms with E-state index in [1.807, 2.05) is 12.1 Å². The van der Waals surface area contributed by atoms with Crippen molar-refractivity contribution in [3.05, 3.63) is 29.6 Å². The van der Waals surface area contributed by atoms with E-state index in [4.69, 9.17) is 5.73 Å². The van der Waals surface area contributed by atoms with Crippen LogP contribution in [0.1, 0.15) is 17.3 Å². The number of nitrogens with zero attached hydrogens (tertiary/aromatic N) is 1. The first-order chi connectivity index (χ1) is 5.29. The second kappa shape index (κ2) is 2.27. The van der Waals surface area contributed by atoms with Crippen LogP contribution in [0.25, 0.3) is 0 Å². The van der Waals surface area contributed by atoms with E-state index in [0.29, 0.717) is 6.42 Å². The normalized spacial score (nSPS) is 28.5. The largest absolute Gasteiger partial charge is 0.320 e. The lowest BCUT2D eigenvalue weighted by Gasteiger charge is -2.04. The summed E-state index contributed by atoms with van der Waals surface area (Å²) in [5, 5.41) is 0. The quantitative estimate of drug-likeness (QED) is 0.601. The molecule has 0 aliphatic heterocycles. The molecule has 1 aromatic heterocycles. The summed E-state index contributed by atoms with van der Waals surface area (Å²) in [6.45, 7) is 0. The van der Waals surface area contributed by atoms with Crippen LogP contribution < -0.4 is 5.73 Å². The second-order valence-electron chi connectivity index (χ2n) is 2.79. The molecule has 0 amide bonds. The SMILES string of the molecule is N[C@@H]1c2ncccc2C[C@@H]1F. The standard InChI is InChI=1S/C8H9FN2/c9-6-4-5-2-1-3-11-8(5)7(6)10/h1-3,6-7H,4,10H2/t6-,7-/m0/s1. The van der Waals surface area contributed by atoms with Gasteiger partial charge in [0.15, 0.2) is 0 Å². The van der Waals surface area contributed by atoms with Gasteiger partial charge in [-0.3, -0.25) is 4.98 Å². The van der Waals surface area contributed by atoms with Crippen molar-refractivity contribution in [1.29, 1.82) is 0 Å². The van der Waals surface area contributed by atoms with E-state index >= 15 is 0 Å². The van der Waals surface area contributed by atoms with E-state index < -0.39 is 12.2 Å². The number of pyridine rings is 1. The number of halogens is 1. The molecule has 1 aliphatic rings. The number of hydrogen-bond donors (Lipinski definition) is 1. The van der Waals surface area contributed by atoms with Crippen molar-refractivity contribution in [2.24, 2.45) is 5.73 Å². The van der Waals surface area contributed by atoms with Crippen molar-refractivity contribution in [2.45, 2.75) is 18.6 Å².